The van der Waals surface area contributed by atoms with Gasteiger partial charge >= 0.3 is 5.69 Å². The number of aryl methyl sites for hydroxylation is 1. The Labute approximate surface area is 191 Å². The van der Waals surface area contributed by atoms with Crippen LogP contribution in [0.15, 0.2) is 76.0 Å². The van der Waals surface area contributed by atoms with Gasteiger partial charge in [0, 0.05) is 37.8 Å². The van der Waals surface area contributed by atoms with Gasteiger partial charge in [0.15, 0.2) is 0 Å². The Hall–Kier alpha value is -3.91. The Morgan fingerprint density at radius 1 is 1.03 bits per heavy atom. The minimum absolute atomic E-state index is 0.142. The van der Waals surface area contributed by atoms with E-state index in [4.69, 9.17) is 4.52 Å². The summed E-state index contributed by atoms with van der Waals surface area (Å²) in [6.07, 6.45) is 0. The third-order valence-electron chi connectivity index (χ3n) is 5.81. The zero-order valence-corrected chi connectivity index (χ0v) is 18.4. The molecule has 1 amide bonds. The number of imidazole rings is 1. The molecule has 8 heteroatoms. The Kier molecular flexibility index (Phi) is 5.66. The topological polar surface area (TPSA) is 85.3 Å². The van der Waals surface area contributed by atoms with Gasteiger partial charge in [0.25, 0.3) is 5.91 Å². The van der Waals surface area contributed by atoms with Crippen LogP contribution in [0, 0.1) is 6.92 Å². The maximum atomic E-state index is 13.9. The molecule has 5 rings (SSSR count). The second kappa shape index (κ2) is 8.91. The normalized spacial score (nSPS) is 13.9. The number of hydrogen-bond acceptors (Lipinski definition) is 5. The lowest BCUT2D eigenvalue weighted by atomic mass is 10.1. The zero-order chi connectivity index (χ0) is 22.8. The Balaban J connectivity index is 1.78. The molecule has 168 valence electrons. The third kappa shape index (κ3) is 4.01. The number of piperazine rings is 1. The first-order valence-electron chi connectivity index (χ1n) is 11.0. The highest BCUT2D eigenvalue weighted by atomic mass is 16.5. The van der Waals surface area contributed by atoms with E-state index in [1.165, 1.54) is 4.57 Å². The van der Waals surface area contributed by atoms with Crippen LogP contribution in [0.3, 0.4) is 0 Å². The highest BCUT2D eigenvalue weighted by Gasteiger charge is 2.31. The monoisotopic (exact) mass is 443 g/mol. The fraction of sp³-hybridized carbons (Fsp3) is 0.240. The van der Waals surface area contributed by atoms with Gasteiger partial charge in [-0.25, -0.2) is 4.79 Å². The van der Waals surface area contributed by atoms with Gasteiger partial charge in [-0.15, -0.1) is 0 Å². The minimum Gasteiger partial charge on any atom is -0.361 e. The van der Waals surface area contributed by atoms with Crippen LogP contribution in [0.2, 0.25) is 0 Å². The van der Waals surface area contributed by atoms with E-state index in [1.807, 2.05) is 60.7 Å². The molecule has 1 saturated heterocycles. The molecule has 1 fully saturated rings. The first-order chi connectivity index (χ1) is 16.1. The summed E-state index contributed by atoms with van der Waals surface area (Å²) in [5, 5.41) is 7.35. The minimum atomic E-state index is -0.292. The van der Waals surface area contributed by atoms with Gasteiger partial charge in [-0.1, -0.05) is 53.7 Å². The standard InChI is InChI=1S/C25H25N5O3/c1-18-16-20(27-33-18)17-29-23(24(31)28-14-12-26-13-15-28)22(19-8-4-2-5-9-19)30(25(29)32)21-10-6-3-7-11-21/h2-11,16,26H,12-15,17H2,1H3. The quantitative estimate of drug-likeness (QED) is 0.513. The van der Waals surface area contributed by atoms with Crippen LogP contribution in [-0.2, 0) is 6.54 Å². The van der Waals surface area contributed by atoms with Crippen molar-refractivity contribution in [1.82, 2.24) is 24.5 Å². The van der Waals surface area contributed by atoms with Gasteiger partial charge < -0.3 is 14.7 Å². The van der Waals surface area contributed by atoms with Crippen LogP contribution in [0.5, 0.6) is 0 Å². The zero-order valence-electron chi connectivity index (χ0n) is 18.4. The smallest absolute Gasteiger partial charge is 0.334 e. The maximum absolute atomic E-state index is 13.9. The summed E-state index contributed by atoms with van der Waals surface area (Å²) in [5.41, 5.74) is 2.74. The molecule has 1 aliphatic heterocycles. The highest BCUT2D eigenvalue weighted by molar-refractivity contribution is 5.99. The van der Waals surface area contributed by atoms with Gasteiger partial charge in [0.2, 0.25) is 0 Å². The molecule has 33 heavy (non-hydrogen) atoms. The number of benzene rings is 2. The Bertz CT molecular complexity index is 1320. The molecule has 0 bridgehead atoms. The summed E-state index contributed by atoms with van der Waals surface area (Å²) < 4.78 is 8.37. The highest BCUT2D eigenvalue weighted by Crippen LogP contribution is 2.28. The lowest BCUT2D eigenvalue weighted by molar-refractivity contribution is 0.0725. The van der Waals surface area contributed by atoms with Crippen molar-refractivity contribution in [2.75, 3.05) is 26.2 Å². The molecule has 0 radical (unpaired) electrons. The number of rotatable bonds is 5. The predicted octanol–water partition coefficient (Wildman–Crippen LogP) is 2.70. The number of amides is 1. The number of para-hydroxylation sites is 1. The molecule has 1 N–H and O–H groups in total. The summed E-state index contributed by atoms with van der Waals surface area (Å²) in [6.45, 7) is 4.55. The van der Waals surface area contributed by atoms with Crippen LogP contribution >= 0.6 is 0 Å². The van der Waals surface area contributed by atoms with Gasteiger partial charge in [0.05, 0.1) is 17.9 Å². The van der Waals surface area contributed by atoms with E-state index in [0.717, 1.165) is 18.7 Å². The maximum Gasteiger partial charge on any atom is 0.334 e. The molecule has 2 aromatic heterocycles. The summed E-state index contributed by atoms with van der Waals surface area (Å²) >= 11 is 0. The van der Waals surface area contributed by atoms with Crippen molar-refractivity contribution in [2.45, 2.75) is 13.5 Å². The van der Waals surface area contributed by atoms with Crippen LogP contribution < -0.4 is 11.0 Å². The van der Waals surface area contributed by atoms with Gasteiger partial charge in [-0.05, 0) is 19.1 Å². The first-order valence-corrected chi connectivity index (χ1v) is 11.0. The molecule has 1 aliphatic rings. The van der Waals surface area contributed by atoms with Crippen molar-refractivity contribution >= 4 is 5.91 Å². The van der Waals surface area contributed by atoms with Crippen LogP contribution in [-0.4, -0.2) is 51.3 Å². The molecule has 8 nitrogen and oxygen atoms in total. The van der Waals surface area contributed by atoms with Gasteiger partial charge in [-0.3, -0.25) is 13.9 Å². The third-order valence-corrected chi connectivity index (χ3v) is 5.81. The van der Waals surface area contributed by atoms with Crippen LogP contribution in [0.25, 0.3) is 16.9 Å². The number of hydrogen-bond donors (Lipinski definition) is 1. The van der Waals surface area contributed by atoms with E-state index in [-0.39, 0.29) is 18.1 Å². The summed E-state index contributed by atoms with van der Waals surface area (Å²) in [6, 6.07) is 20.8. The Morgan fingerprint density at radius 3 is 2.33 bits per heavy atom. The van der Waals surface area contributed by atoms with Crippen molar-refractivity contribution in [1.29, 1.82) is 0 Å². The second-order valence-electron chi connectivity index (χ2n) is 8.07. The molecule has 3 heterocycles. The van der Waals surface area contributed by atoms with Crippen molar-refractivity contribution in [3.63, 3.8) is 0 Å². The van der Waals surface area contributed by atoms with Gasteiger partial charge in [0.1, 0.15) is 17.1 Å². The number of carbonyl (C=O) groups excluding carboxylic acids is 1. The van der Waals surface area contributed by atoms with E-state index in [1.54, 1.807) is 22.5 Å². The summed E-state index contributed by atoms with van der Waals surface area (Å²) in [7, 11) is 0. The summed E-state index contributed by atoms with van der Waals surface area (Å²) in [4.78, 5) is 29.6. The largest absolute Gasteiger partial charge is 0.361 e. The number of carbonyl (C=O) groups is 1. The average Bonchev–Trinajstić information content (AvgIpc) is 3.40. The second-order valence-corrected chi connectivity index (χ2v) is 8.07. The van der Waals surface area contributed by atoms with Crippen molar-refractivity contribution < 1.29 is 9.32 Å². The average molecular weight is 444 g/mol. The predicted molar refractivity (Wildman–Crippen MR) is 125 cm³/mol. The van der Waals surface area contributed by atoms with E-state index < -0.39 is 0 Å². The molecular formula is C25H25N5O3. The Morgan fingerprint density at radius 2 is 1.70 bits per heavy atom. The van der Waals surface area contributed by atoms with E-state index in [9.17, 15) is 9.59 Å². The molecule has 2 aromatic carbocycles. The van der Waals surface area contributed by atoms with E-state index in [2.05, 4.69) is 10.5 Å². The molecule has 0 saturated carbocycles. The lowest BCUT2D eigenvalue weighted by Crippen LogP contribution is -2.47. The van der Waals surface area contributed by atoms with Crippen LogP contribution in [0.1, 0.15) is 21.9 Å². The van der Waals surface area contributed by atoms with Crippen LogP contribution in [0.4, 0.5) is 0 Å². The van der Waals surface area contributed by atoms with Crippen molar-refractivity contribution in [3.05, 3.63) is 94.4 Å². The van der Waals surface area contributed by atoms with Crippen molar-refractivity contribution in [3.8, 4) is 16.9 Å². The van der Waals surface area contributed by atoms with E-state index >= 15 is 0 Å². The van der Waals surface area contributed by atoms with Crippen molar-refractivity contribution in [2.24, 2.45) is 0 Å². The SMILES string of the molecule is Cc1cc(Cn2c(C(=O)N3CCNCC3)c(-c3ccccc3)n(-c3ccccc3)c2=O)no1. The fourth-order valence-corrected chi connectivity index (χ4v) is 4.26. The van der Waals surface area contributed by atoms with E-state index in [0.29, 0.717) is 41.6 Å². The molecule has 0 atom stereocenters. The molecule has 0 unspecified atom stereocenters. The number of nitrogens with zero attached hydrogens (tertiary/aromatic N) is 4. The lowest BCUT2D eigenvalue weighted by Gasteiger charge is -2.28. The molecular weight excluding hydrogens is 418 g/mol. The number of nitrogens with one attached hydrogen (secondary N) is 1. The molecule has 0 aliphatic carbocycles. The summed E-state index contributed by atoms with van der Waals surface area (Å²) in [5.74, 6) is 0.487. The first kappa shape index (κ1) is 21.0. The number of aromatic nitrogens is 3. The fourth-order valence-electron chi connectivity index (χ4n) is 4.26. The molecule has 0 spiro atoms. The van der Waals surface area contributed by atoms with Gasteiger partial charge in [-0.2, -0.15) is 0 Å². The molecule has 4 aromatic rings.